The lowest BCUT2D eigenvalue weighted by Crippen LogP contribution is -2.45. The Labute approximate surface area is 101 Å². The van der Waals surface area contributed by atoms with E-state index in [-0.39, 0.29) is 11.8 Å². The van der Waals surface area contributed by atoms with E-state index >= 15 is 0 Å². The number of nitrogens with two attached hydrogens (primary N) is 1. The van der Waals surface area contributed by atoms with Crippen molar-refractivity contribution in [3.05, 3.63) is 17.5 Å². The number of aromatic nitrogens is 2. The Balaban J connectivity index is 2.14. The molecule has 0 radical (unpaired) electrons. The largest absolute Gasteiger partial charge is 0.379 e. The van der Waals surface area contributed by atoms with Crippen molar-refractivity contribution in [2.45, 2.75) is 26.3 Å². The Morgan fingerprint density at radius 3 is 2.94 bits per heavy atom. The minimum absolute atomic E-state index is 0.130. The predicted octanol–water partition coefficient (Wildman–Crippen LogP) is 0.204. The standard InChI is InChI=1S/C12H19N3O2/c1-8-4-9(15(3)14-8)5-11(16)12(2)7-17-6-10(12)13/h4,10H,5-7,13H2,1-3H3. The van der Waals surface area contributed by atoms with Crippen molar-refractivity contribution in [1.29, 1.82) is 0 Å². The molecule has 17 heavy (non-hydrogen) atoms. The van der Waals surface area contributed by atoms with Gasteiger partial charge in [-0.15, -0.1) is 0 Å². The highest BCUT2D eigenvalue weighted by molar-refractivity contribution is 5.87. The molecule has 2 N–H and O–H groups in total. The fraction of sp³-hybridized carbons (Fsp3) is 0.667. The van der Waals surface area contributed by atoms with E-state index in [0.29, 0.717) is 19.6 Å². The van der Waals surface area contributed by atoms with Crippen LogP contribution < -0.4 is 5.73 Å². The first-order valence-corrected chi connectivity index (χ1v) is 5.79. The summed E-state index contributed by atoms with van der Waals surface area (Å²) < 4.78 is 7.05. The summed E-state index contributed by atoms with van der Waals surface area (Å²) in [6.45, 7) is 4.69. The number of hydrogen-bond donors (Lipinski definition) is 1. The van der Waals surface area contributed by atoms with E-state index in [0.717, 1.165) is 11.4 Å². The number of hydrogen-bond acceptors (Lipinski definition) is 4. The molecular weight excluding hydrogens is 218 g/mol. The summed E-state index contributed by atoms with van der Waals surface area (Å²) in [7, 11) is 1.85. The molecule has 5 heteroatoms. The van der Waals surface area contributed by atoms with E-state index in [4.69, 9.17) is 10.5 Å². The van der Waals surface area contributed by atoms with Gasteiger partial charge in [0.25, 0.3) is 0 Å². The maximum absolute atomic E-state index is 12.3. The van der Waals surface area contributed by atoms with Crippen LogP contribution in [0.25, 0.3) is 0 Å². The van der Waals surface area contributed by atoms with Gasteiger partial charge < -0.3 is 10.5 Å². The lowest BCUT2D eigenvalue weighted by atomic mass is 9.79. The maximum Gasteiger partial charge on any atom is 0.148 e. The quantitative estimate of drug-likeness (QED) is 0.815. The highest BCUT2D eigenvalue weighted by Crippen LogP contribution is 2.29. The van der Waals surface area contributed by atoms with Gasteiger partial charge in [0.1, 0.15) is 5.78 Å². The van der Waals surface area contributed by atoms with Crippen LogP contribution in [0.3, 0.4) is 0 Å². The lowest BCUT2D eigenvalue weighted by molar-refractivity contribution is -0.127. The van der Waals surface area contributed by atoms with Gasteiger partial charge >= 0.3 is 0 Å². The number of aryl methyl sites for hydroxylation is 2. The van der Waals surface area contributed by atoms with Gasteiger partial charge in [-0.1, -0.05) is 0 Å². The Bertz CT molecular complexity index is 441. The van der Waals surface area contributed by atoms with Crippen molar-refractivity contribution in [3.63, 3.8) is 0 Å². The molecule has 1 fully saturated rings. The molecule has 0 aliphatic carbocycles. The minimum atomic E-state index is -0.557. The monoisotopic (exact) mass is 237 g/mol. The van der Waals surface area contributed by atoms with Crippen LogP contribution in [0.4, 0.5) is 0 Å². The van der Waals surface area contributed by atoms with Crippen molar-refractivity contribution < 1.29 is 9.53 Å². The molecule has 1 saturated heterocycles. The number of Topliss-reactive ketones (excluding diaryl/α,β-unsaturated/α-hetero) is 1. The molecule has 0 saturated carbocycles. The second kappa shape index (κ2) is 4.23. The zero-order chi connectivity index (χ0) is 12.6. The molecule has 0 bridgehead atoms. The summed E-state index contributed by atoms with van der Waals surface area (Å²) in [5, 5.41) is 4.23. The van der Waals surface area contributed by atoms with Crippen LogP contribution in [0.1, 0.15) is 18.3 Å². The molecule has 1 aromatic rings. The molecule has 1 aromatic heterocycles. The highest BCUT2D eigenvalue weighted by Gasteiger charge is 2.43. The zero-order valence-corrected chi connectivity index (χ0v) is 10.6. The normalized spacial score (nSPS) is 28.6. The molecule has 2 heterocycles. The second-order valence-electron chi connectivity index (χ2n) is 5.04. The summed E-state index contributed by atoms with van der Waals surface area (Å²) in [4.78, 5) is 12.3. The van der Waals surface area contributed by atoms with Gasteiger partial charge in [-0.2, -0.15) is 5.10 Å². The first-order chi connectivity index (χ1) is 7.93. The fourth-order valence-corrected chi connectivity index (χ4v) is 2.17. The summed E-state index contributed by atoms with van der Waals surface area (Å²) in [5.41, 5.74) is 7.23. The first-order valence-electron chi connectivity index (χ1n) is 5.79. The van der Waals surface area contributed by atoms with E-state index in [9.17, 15) is 4.79 Å². The van der Waals surface area contributed by atoms with Gasteiger partial charge in [0.15, 0.2) is 0 Å². The number of carbonyl (C=O) groups excluding carboxylic acids is 1. The summed E-state index contributed by atoms with van der Waals surface area (Å²) in [6, 6.07) is 1.73. The molecule has 2 unspecified atom stereocenters. The summed E-state index contributed by atoms with van der Waals surface area (Å²) in [6.07, 6.45) is 0.366. The summed E-state index contributed by atoms with van der Waals surface area (Å²) >= 11 is 0. The fourth-order valence-electron chi connectivity index (χ4n) is 2.17. The minimum Gasteiger partial charge on any atom is -0.379 e. The van der Waals surface area contributed by atoms with Crippen LogP contribution in [-0.4, -0.2) is 34.8 Å². The van der Waals surface area contributed by atoms with E-state index in [1.807, 2.05) is 27.0 Å². The third-order valence-corrected chi connectivity index (χ3v) is 3.60. The Hall–Kier alpha value is -1.20. The van der Waals surface area contributed by atoms with Crippen molar-refractivity contribution in [1.82, 2.24) is 9.78 Å². The molecule has 0 spiro atoms. The molecule has 2 atom stereocenters. The maximum atomic E-state index is 12.3. The zero-order valence-electron chi connectivity index (χ0n) is 10.6. The van der Waals surface area contributed by atoms with Gasteiger partial charge in [0.05, 0.1) is 24.3 Å². The van der Waals surface area contributed by atoms with Gasteiger partial charge in [0, 0.05) is 25.2 Å². The first kappa shape index (κ1) is 12.3. The van der Waals surface area contributed by atoms with Crippen molar-refractivity contribution >= 4 is 5.78 Å². The number of carbonyl (C=O) groups is 1. The molecule has 94 valence electrons. The van der Waals surface area contributed by atoms with E-state index < -0.39 is 5.41 Å². The van der Waals surface area contributed by atoms with Gasteiger partial charge in [0.2, 0.25) is 0 Å². The molecule has 5 nitrogen and oxygen atoms in total. The van der Waals surface area contributed by atoms with Crippen LogP contribution in [0.5, 0.6) is 0 Å². The average molecular weight is 237 g/mol. The van der Waals surface area contributed by atoms with Gasteiger partial charge in [-0.05, 0) is 19.9 Å². The van der Waals surface area contributed by atoms with Crippen LogP contribution in [0, 0.1) is 12.3 Å². The van der Waals surface area contributed by atoms with E-state index in [2.05, 4.69) is 5.10 Å². The molecule has 2 rings (SSSR count). The lowest BCUT2D eigenvalue weighted by Gasteiger charge is -2.24. The Morgan fingerprint density at radius 1 is 1.76 bits per heavy atom. The molecule has 0 aromatic carbocycles. The molecular formula is C12H19N3O2. The number of ether oxygens (including phenoxy) is 1. The number of nitrogens with zero attached hydrogens (tertiary/aromatic N) is 2. The third-order valence-electron chi connectivity index (χ3n) is 3.60. The molecule has 0 amide bonds. The van der Waals surface area contributed by atoms with Crippen molar-refractivity contribution in [2.24, 2.45) is 18.2 Å². The SMILES string of the molecule is Cc1cc(CC(=O)C2(C)COCC2N)n(C)n1. The average Bonchev–Trinajstić information content (AvgIpc) is 2.73. The van der Waals surface area contributed by atoms with E-state index in [1.54, 1.807) is 4.68 Å². The number of rotatable bonds is 3. The van der Waals surface area contributed by atoms with Crippen LogP contribution >= 0.6 is 0 Å². The second-order valence-corrected chi connectivity index (χ2v) is 5.04. The van der Waals surface area contributed by atoms with Crippen LogP contribution in [0.2, 0.25) is 0 Å². The Morgan fingerprint density at radius 2 is 2.47 bits per heavy atom. The van der Waals surface area contributed by atoms with E-state index in [1.165, 1.54) is 0 Å². The van der Waals surface area contributed by atoms with Crippen molar-refractivity contribution in [3.8, 4) is 0 Å². The number of ketones is 1. The Kier molecular flexibility index (Phi) is 3.05. The third kappa shape index (κ3) is 2.12. The predicted molar refractivity (Wildman–Crippen MR) is 63.6 cm³/mol. The molecule has 1 aliphatic heterocycles. The summed E-state index contributed by atoms with van der Waals surface area (Å²) in [5.74, 6) is 0.130. The topological polar surface area (TPSA) is 70.1 Å². The van der Waals surface area contributed by atoms with Gasteiger partial charge in [-0.25, -0.2) is 0 Å². The molecule has 1 aliphatic rings. The highest BCUT2D eigenvalue weighted by atomic mass is 16.5. The van der Waals surface area contributed by atoms with Crippen molar-refractivity contribution in [2.75, 3.05) is 13.2 Å². The van der Waals surface area contributed by atoms with Crippen LogP contribution in [-0.2, 0) is 23.0 Å². The van der Waals surface area contributed by atoms with Gasteiger partial charge in [-0.3, -0.25) is 9.48 Å². The van der Waals surface area contributed by atoms with Crippen LogP contribution in [0.15, 0.2) is 6.07 Å². The smallest absolute Gasteiger partial charge is 0.148 e.